The summed E-state index contributed by atoms with van der Waals surface area (Å²) < 4.78 is 8.58. The van der Waals surface area contributed by atoms with Crippen LogP contribution in [0.4, 0.5) is 0 Å². The SMILES string of the molecule is Cc1cn([Si](C)(C)C)c2ccc(O[Si](C)(C)C)cc12. The molecule has 0 bridgehead atoms. The molecule has 2 rings (SSSR count). The summed E-state index contributed by atoms with van der Waals surface area (Å²) in [5.74, 6) is 1.02. The van der Waals surface area contributed by atoms with E-state index in [1.54, 1.807) is 0 Å². The number of hydrogen-bond donors (Lipinski definition) is 0. The van der Waals surface area contributed by atoms with Gasteiger partial charge in [-0.1, -0.05) is 19.6 Å². The first-order valence-electron chi connectivity index (χ1n) is 6.89. The van der Waals surface area contributed by atoms with Crippen LogP contribution in [0.1, 0.15) is 5.56 Å². The average molecular weight is 292 g/mol. The summed E-state index contributed by atoms with van der Waals surface area (Å²) in [5, 5.41) is 1.33. The molecular weight excluding hydrogens is 266 g/mol. The Morgan fingerprint density at radius 2 is 1.63 bits per heavy atom. The lowest BCUT2D eigenvalue weighted by molar-refractivity contribution is 0.558. The van der Waals surface area contributed by atoms with Gasteiger partial charge in [0.1, 0.15) is 5.75 Å². The molecule has 0 fully saturated rings. The first-order chi connectivity index (χ1) is 8.58. The first-order valence-corrected chi connectivity index (χ1v) is 13.7. The molecule has 0 saturated heterocycles. The van der Waals surface area contributed by atoms with Crippen molar-refractivity contribution >= 4 is 27.5 Å². The molecule has 1 aromatic carbocycles. The smallest absolute Gasteiger partial charge is 0.242 e. The summed E-state index contributed by atoms with van der Waals surface area (Å²) in [6, 6.07) is 6.55. The molecule has 0 aliphatic rings. The number of aryl methyl sites for hydroxylation is 1. The molecule has 2 nitrogen and oxygen atoms in total. The van der Waals surface area contributed by atoms with E-state index >= 15 is 0 Å². The molecule has 0 N–H and O–H groups in total. The number of benzene rings is 1. The summed E-state index contributed by atoms with van der Waals surface area (Å²) in [5.41, 5.74) is 2.69. The van der Waals surface area contributed by atoms with Gasteiger partial charge in [0.05, 0.1) is 0 Å². The van der Waals surface area contributed by atoms with Crippen LogP contribution in [0.25, 0.3) is 10.9 Å². The second kappa shape index (κ2) is 4.53. The van der Waals surface area contributed by atoms with Gasteiger partial charge in [-0.3, -0.25) is 0 Å². The van der Waals surface area contributed by atoms with Crippen molar-refractivity contribution in [2.45, 2.75) is 46.2 Å². The fourth-order valence-corrected chi connectivity index (χ4v) is 4.68. The van der Waals surface area contributed by atoms with Crippen LogP contribution >= 0.6 is 0 Å². The summed E-state index contributed by atoms with van der Waals surface area (Å²) in [6.07, 6.45) is 2.30. The molecule has 1 aromatic heterocycles. The Kier molecular flexibility index (Phi) is 3.43. The van der Waals surface area contributed by atoms with Gasteiger partial charge >= 0.3 is 0 Å². The minimum Gasteiger partial charge on any atom is -0.544 e. The zero-order valence-corrected chi connectivity index (χ0v) is 15.2. The molecule has 104 valence electrons. The van der Waals surface area contributed by atoms with Gasteiger partial charge in [-0.15, -0.1) is 0 Å². The van der Waals surface area contributed by atoms with Crippen LogP contribution < -0.4 is 4.43 Å². The maximum atomic E-state index is 6.10. The van der Waals surface area contributed by atoms with E-state index in [1.165, 1.54) is 16.5 Å². The second-order valence-electron chi connectivity index (χ2n) is 7.25. The van der Waals surface area contributed by atoms with Crippen molar-refractivity contribution < 1.29 is 4.43 Å². The lowest BCUT2D eigenvalue weighted by atomic mass is 10.2. The molecule has 0 radical (unpaired) electrons. The van der Waals surface area contributed by atoms with Gasteiger partial charge in [0, 0.05) is 10.9 Å². The van der Waals surface area contributed by atoms with Gasteiger partial charge in [-0.05, 0) is 56.5 Å². The van der Waals surface area contributed by atoms with Gasteiger partial charge in [0.25, 0.3) is 0 Å². The summed E-state index contributed by atoms with van der Waals surface area (Å²) in [7, 11) is -2.89. The summed E-state index contributed by atoms with van der Waals surface area (Å²) in [6.45, 7) is 16.0. The van der Waals surface area contributed by atoms with Gasteiger partial charge in [-0.2, -0.15) is 0 Å². The van der Waals surface area contributed by atoms with E-state index in [2.05, 4.69) is 74.8 Å². The molecule has 0 aliphatic carbocycles. The zero-order valence-electron chi connectivity index (χ0n) is 13.2. The molecule has 19 heavy (non-hydrogen) atoms. The summed E-state index contributed by atoms with van der Waals surface area (Å²) >= 11 is 0. The molecule has 1 heterocycles. The van der Waals surface area contributed by atoms with Gasteiger partial charge in [-0.25, -0.2) is 0 Å². The third kappa shape index (κ3) is 3.12. The predicted octanol–water partition coefficient (Wildman–Crippen LogP) is 4.85. The maximum Gasteiger partial charge on any atom is 0.242 e. The lowest BCUT2D eigenvalue weighted by Crippen LogP contribution is -2.31. The van der Waals surface area contributed by atoms with E-state index in [9.17, 15) is 0 Å². The Bertz CT molecular complexity index is 603. The van der Waals surface area contributed by atoms with Crippen LogP contribution in [0.2, 0.25) is 39.3 Å². The number of hydrogen-bond acceptors (Lipinski definition) is 1. The number of rotatable bonds is 3. The van der Waals surface area contributed by atoms with Crippen LogP contribution in [0, 0.1) is 6.92 Å². The number of aromatic nitrogens is 1. The molecule has 2 aromatic rings. The van der Waals surface area contributed by atoms with Crippen molar-refractivity contribution in [1.29, 1.82) is 0 Å². The van der Waals surface area contributed by atoms with E-state index < -0.39 is 16.6 Å². The van der Waals surface area contributed by atoms with Crippen molar-refractivity contribution in [1.82, 2.24) is 4.23 Å². The largest absolute Gasteiger partial charge is 0.544 e. The fourth-order valence-electron chi connectivity index (χ4n) is 2.35. The van der Waals surface area contributed by atoms with E-state index in [-0.39, 0.29) is 0 Å². The minimum atomic E-state index is -1.53. The van der Waals surface area contributed by atoms with Crippen LogP contribution in [0.15, 0.2) is 24.4 Å². The van der Waals surface area contributed by atoms with E-state index in [0.29, 0.717) is 0 Å². The second-order valence-corrected chi connectivity index (χ2v) is 16.5. The minimum absolute atomic E-state index is 1.02. The quantitative estimate of drug-likeness (QED) is 0.738. The topological polar surface area (TPSA) is 14.2 Å². The van der Waals surface area contributed by atoms with Crippen molar-refractivity contribution in [3.05, 3.63) is 30.0 Å². The summed E-state index contributed by atoms with van der Waals surface area (Å²) in [4.78, 5) is 0. The van der Waals surface area contributed by atoms with Crippen LogP contribution in [0.5, 0.6) is 5.75 Å². The van der Waals surface area contributed by atoms with Gasteiger partial charge < -0.3 is 8.66 Å². The highest BCUT2D eigenvalue weighted by molar-refractivity contribution is 6.75. The lowest BCUT2D eigenvalue weighted by Gasteiger charge is -2.21. The van der Waals surface area contributed by atoms with Crippen LogP contribution in [0.3, 0.4) is 0 Å². The first kappa shape index (κ1) is 14.4. The molecule has 0 spiro atoms. The molecule has 4 heteroatoms. The van der Waals surface area contributed by atoms with Crippen molar-refractivity contribution in [2.75, 3.05) is 0 Å². The highest BCUT2D eigenvalue weighted by Crippen LogP contribution is 2.29. The molecule has 0 unspecified atom stereocenters. The highest BCUT2D eigenvalue weighted by atomic mass is 28.4. The van der Waals surface area contributed by atoms with E-state index in [4.69, 9.17) is 4.43 Å². The van der Waals surface area contributed by atoms with E-state index in [0.717, 1.165) is 5.75 Å². The molecule has 0 saturated carbocycles. The molecule has 0 atom stereocenters. The van der Waals surface area contributed by atoms with Crippen molar-refractivity contribution in [3.8, 4) is 5.75 Å². The third-order valence-corrected chi connectivity index (χ3v) is 5.79. The average Bonchev–Trinajstić information content (AvgIpc) is 2.53. The molecular formula is C15H25NOSi2. The van der Waals surface area contributed by atoms with Gasteiger partial charge in [0.15, 0.2) is 8.24 Å². The third-order valence-electron chi connectivity index (χ3n) is 3.12. The Morgan fingerprint density at radius 1 is 1.00 bits per heavy atom. The van der Waals surface area contributed by atoms with E-state index in [1.807, 2.05) is 0 Å². The van der Waals surface area contributed by atoms with Crippen molar-refractivity contribution in [2.24, 2.45) is 0 Å². The monoisotopic (exact) mass is 291 g/mol. The Balaban J connectivity index is 2.54. The maximum absolute atomic E-state index is 6.10. The van der Waals surface area contributed by atoms with Crippen LogP contribution in [-0.2, 0) is 0 Å². The Hall–Kier alpha value is -1.01. The molecule has 0 amide bonds. The standard InChI is InChI=1S/C15H25NOSi2/c1-12-11-16(18(2,3)4)15-9-8-13(10-14(12)15)17-19(5,6)7/h8-11H,1-7H3. The zero-order chi connectivity index (χ0) is 14.4. The number of fused-ring (bicyclic) bond motifs is 1. The van der Waals surface area contributed by atoms with Gasteiger partial charge in [0.2, 0.25) is 8.32 Å². The Labute approximate surface area is 118 Å². The molecule has 0 aliphatic heterocycles. The number of nitrogens with zero attached hydrogens (tertiary/aromatic N) is 1. The predicted molar refractivity (Wildman–Crippen MR) is 89.4 cm³/mol. The normalized spacial score (nSPS) is 13.0. The van der Waals surface area contributed by atoms with Crippen molar-refractivity contribution in [3.63, 3.8) is 0 Å². The Morgan fingerprint density at radius 3 is 2.16 bits per heavy atom. The highest BCUT2D eigenvalue weighted by Gasteiger charge is 2.21. The fraction of sp³-hybridized carbons (Fsp3) is 0.467. The van der Waals surface area contributed by atoms with Crippen LogP contribution in [-0.4, -0.2) is 20.8 Å².